The fourth-order valence-electron chi connectivity index (χ4n) is 1.84. The van der Waals surface area contributed by atoms with E-state index in [0.717, 1.165) is 26.0 Å². The number of ether oxygens (including phenoxy) is 2. The van der Waals surface area contributed by atoms with Gasteiger partial charge in [-0.25, -0.2) is 4.39 Å². The predicted octanol–water partition coefficient (Wildman–Crippen LogP) is 2.16. The molecular weight excluding hydrogens is 316 g/mol. The Labute approximate surface area is 130 Å². The third-order valence-corrected chi connectivity index (χ3v) is 2.90. The first-order valence-corrected chi connectivity index (χ1v) is 6.60. The van der Waals surface area contributed by atoms with Crippen LogP contribution in [0.1, 0.15) is 19.4 Å². The Kier molecular flexibility index (Phi) is 6.55. The number of hydrogen-bond donors (Lipinski definition) is 0. The minimum absolute atomic E-state index is 0.246. The molecule has 0 heterocycles. The van der Waals surface area contributed by atoms with Crippen molar-refractivity contribution in [3.05, 3.63) is 39.4 Å². The fraction of sp³-hybridized carbons (Fsp3) is 0.429. The summed E-state index contributed by atoms with van der Waals surface area (Å²) >= 11 is 0. The molecule has 0 N–H and O–H groups in total. The summed E-state index contributed by atoms with van der Waals surface area (Å²) in [6.07, 6.45) is -0.333. The highest BCUT2D eigenvalue weighted by molar-refractivity contribution is 5.66. The highest BCUT2D eigenvalue weighted by atomic mass is 19.1. The Balaban J connectivity index is 3.01. The molecule has 1 aromatic carbocycles. The van der Waals surface area contributed by atoms with Crippen LogP contribution < -0.4 is 0 Å². The molecule has 0 saturated carbocycles. The summed E-state index contributed by atoms with van der Waals surface area (Å²) in [5, 5.41) is 10.7. The molecule has 0 bridgehead atoms. The smallest absolute Gasteiger partial charge is 0.305 e. The second-order valence-corrected chi connectivity index (χ2v) is 4.79. The van der Waals surface area contributed by atoms with Gasteiger partial charge in [-0.3, -0.25) is 19.7 Å². The summed E-state index contributed by atoms with van der Waals surface area (Å²) < 4.78 is 37.3. The van der Waals surface area contributed by atoms with Gasteiger partial charge in [-0.05, 0) is 12.5 Å². The molecule has 0 fully saturated rings. The molecule has 0 atom stereocenters. The lowest BCUT2D eigenvalue weighted by molar-refractivity contribution is -0.387. The Morgan fingerprint density at radius 2 is 1.70 bits per heavy atom. The van der Waals surface area contributed by atoms with Crippen molar-refractivity contribution in [2.45, 2.75) is 20.3 Å². The normalized spacial score (nSPS) is 10.5. The monoisotopic (exact) mass is 331 g/mol. The van der Waals surface area contributed by atoms with Crippen LogP contribution in [0.2, 0.25) is 0 Å². The van der Waals surface area contributed by atoms with E-state index in [1.807, 2.05) is 0 Å². The number of benzene rings is 1. The van der Waals surface area contributed by atoms with Crippen LogP contribution in [-0.4, -0.2) is 30.1 Å². The number of rotatable bonds is 7. The van der Waals surface area contributed by atoms with Gasteiger partial charge >= 0.3 is 17.6 Å². The van der Waals surface area contributed by atoms with Crippen LogP contribution in [0.5, 0.6) is 0 Å². The van der Waals surface area contributed by atoms with Gasteiger partial charge < -0.3 is 9.47 Å². The first-order chi connectivity index (χ1) is 10.7. The maximum absolute atomic E-state index is 14.0. The third-order valence-electron chi connectivity index (χ3n) is 2.90. The van der Waals surface area contributed by atoms with Crippen LogP contribution in [0.4, 0.5) is 14.5 Å². The highest BCUT2D eigenvalue weighted by Crippen LogP contribution is 2.25. The van der Waals surface area contributed by atoms with E-state index >= 15 is 0 Å². The van der Waals surface area contributed by atoms with E-state index in [4.69, 9.17) is 9.47 Å². The lowest BCUT2D eigenvalue weighted by Crippen LogP contribution is -2.22. The topological polar surface area (TPSA) is 95.7 Å². The molecule has 0 unspecified atom stereocenters. The summed E-state index contributed by atoms with van der Waals surface area (Å²) in [6.45, 7) is 1.81. The van der Waals surface area contributed by atoms with Crippen LogP contribution in [0.3, 0.4) is 0 Å². The van der Waals surface area contributed by atoms with Crippen LogP contribution in [0.25, 0.3) is 0 Å². The molecule has 0 aliphatic rings. The Hall–Kier alpha value is -2.58. The van der Waals surface area contributed by atoms with Crippen molar-refractivity contribution >= 4 is 17.6 Å². The molecule has 0 aliphatic heterocycles. The SMILES string of the molecule is CC(=O)OCC(COC(C)=O)Cc1c(F)ccc([N+](=O)[O-])c1F. The van der Waals surface area contributed by atoms with Gasteiger partial charge in [-0.1, -0.05) is 0 Å². The van der Waals surface area contributed by atoms with Gasteiger partial charge in [-0.15, -0.1) is 0 Å². The number of hydrogen-bond acceptors (Lipinski definition) is 6. The van der Waals surface area contributed by atoms with Gasteiger partial charge in [0.05, 0.1) is 18.1 Å². The lowest BCUT2D eigenvalue weighted by Gasteiger charge is -2.17. The molecule has 0 spiro atoms. The van der Waals surface area contributed by atoms with Crippen LogP contribution in [-0.2, 0) is 25.5 Å². The fourth-order valence-corrected chi connectivity index (χ4v) is 1.84. The Bertz CT molecular complexity index is 602. The average molecular weight is 331 g/mol. The van der Waals surface area contributed by atoms with E-state index in [-0.39, 0.29) is 19.6 Å². The zero-order chi connectivity index (χ0) is 17.6. The molecule has 126 valence electrons. The number of halogens is 2. The molecular formula is C14H15F2NO6. The summed E-state index contributed by atoms with van der Waals surface area (Å²) in [6, 6.07) is 1.51. The van der Waals surface area contributed by atoms with E-state index in [0.29, 0.717) is 0 Å². The molecule has 1 aromatic rings. The van der Waals surface area contributed by atoms with E-state index in [1.165, 1.54) is 0 Å². The second kappa shape index (κ2) is 8.16. The first-order valence-electron chi connectivity index (χ1n) is 6.60. The standard InChI is InChI=1S/C14H15F2NO6/c1-8(18)22-6-10(7-23-9(2)19)5-11-12(15)3-4-13(14(11)16)17(20)21/h3-4,10H,5-7H2,1-2H3. The molecule has 0 amide bonds. The molecule has 7 nitrogen and oxygen atoms in total. The number of esters is 2. The molecule has 23 heavy (non-hydrogen) atoms. The number of nitro groups is 1. The summed E-state index contributed by atoms with van der Waals surface area (Å²) in [4.78, 5) is 31.4. The van der Waals surface area contributed by atoms with Crippen molar-refractivity contribution in [1.82, 2.24) is 0 Å². The minimum Gasteiger partial charge on any atom is -0.465 e. The van der Waals surface area contributed by atoms with Gasteiger partial charge in [0, 0.05) is 31.4 Å². The van der Waals surface area contributed by atoms with E-state index in [9.17, 15) is 28.5 Å². The zero-order valence-electron chi connectivity index (χ0n) is 12.5. The van der Waals surface area contributed by atoms with Crippen molar-refractivity contribution in [2.75, 3.05) is 13.2 Å². The molecule has 0 aliphatic carbocycles. The Morgan fingerprint density at radius 3 is 2.13 bits per heavy atom. The summed E-state index contributed by atoms with van der Waals surface area (Å²) in [7, 11) is 0. The molecule has 0 aromatic heterocycles. The third kappa shape index (κ3) is 5.61. The average Bonchev–Trinajstić information content (AvgIpc) is 2.44. The van der Waals surface area contributed by atoms with Gasteiger partial charge in [0.25, 0.3) is 0 Å². The zero-order valence-corrected chi connectivity index (χ0v) is 12.5. The van der Waals surface area contributed by atoms with Gasteiger partial charge in [0.1, 0.15) is 5.82 Å². The second-order valence-electron chi connectivity index (χ2n) is 4.79. The number of nitro benzene ring substituents is 1. The highest BCUT2D eigenvalue weighted by Gasteiger charge is 2.25. The van der Waals surface area contributed by atoms with Crippen molar-refractivity contribution in [3.63, 3.8) is 0 Å². The molecule has 9 heteroatoms. The van der Waals surface area contributed by atoms with Crippen molar-refractivity contribution in [1.29, 1.82) is 0 Å². The van der Waals surface area contributed by atoms with E-state index in [1.54, 1.807) is 0 Å². The van der Waals surface area contributed by atoms with Crippen LogP contribution in [0, 0.1) is 27.7 Å². The Morgan fingerprint density at radius 1 is 1.17 bits per heavy atom. The van der Waals surface area contributed by atoms with Gasteiger partial charge in [0.2, 0.25) is 5.82 Å². The predicted molar refractivity (Wildman–Crippen MR) is 73.5 cm³/mol. The van der Waals surface area contributed by atoms with E-state index < -0.39 is 45.7 Å². The maximum Gasteiger partial charge on any atom is 0.305 e. The van der Waals surface area contributed by atoms with Crippen molar-refractivity contribution < 1.29 is 32.8 Å². The van der Waals surface area contributed by atoms with Crippen molar-refractivity contribution in [3.8, 4) is 0 Å². The summed E-state index contributed by atoms with van der Waals surface area (Å²) in [5.74, 6) is -4.24. The van der Waals surface area contributed by atoms with Crippen LogP contribution >= 0.6 is 0 Å². The van der Waals surface area contributed by atoms with Crippen LogP contribution in [0.15, 0.2) is 12.1 Å². The van der Waals surface area contributed by atoms with Gasteiger partial charge in [-0.2, -0.15) is 4.39 Å². The molecule has 1 rings (SSSR count). The number of nitrogens with zero attached hydrogens (tertiary/aromatic N) is 1. The maximum atomic E-state index is 14.0. The number of carbonyl (C=O) groups is 2. The number of carbonyl (C=O) groups excluding carboxylic acids is 2. The van der Waals surface area contributed by atoms with E-state index in [2.05, 4.69) is 0 Å². The summed E-state index contributed by atoms with van der Waals surface area (Å²) in [5.41, 5.74) is -1.39. The molecule has 0 saturated heterocycles. The largest absolute Gasteiger partial charge is 0.465 e. The van der Waals surface area contributed by atoms with Crippen molar-refractivity contribution in [2.24, 2.45) is 5.92 Å². The quantitative estimate of drug-likeness (QED) is 0.431. The minimum atomic E-state index is -1.30. The first kappa shape index (κ1) is 18.5. The lowest BCUT2D eigenvalue weighted by atomic mass is 9.99. The van der Waals surface area contributed by atoms with Gasteiger partial charge in [0.15, 0.2) is 0 Å². The molecule has 0 radical (unpaired) electrons.